The number of benzene rings is 1. The van der Waals surface area contributed by atoms with E-state index in [1.54, 1.807) is 0 Å². The smallest absolute Gasteiger partial charge is 0.0930 e. The maximum absolute atomic E-state index is 5.07. The zero-order valence-corrected chi connectivity index (χ0v) is 9.60. The molecule has 0 radical (unpaired) electrons. The summed E-state index contributed by atoms with van der Waals surface area (Å²) in [5, 5.41) is 2.39. The zero-order chi connectivity index (χ0) is 11.5. The lowest BCUT2D eigenvalue weighted by molar-refractivity contribution is 0.124. The van der Waals surface area contributed by atoms with Crippen molar-refractivity contribution in [2.24, 2.45) is 5.90 Å². The van der Waals surface area contributed by atoms with Crippen LogP contribution >= 0.6 is 0 Å². The van der Waals surface area contributed by atoms with Crippen LogP contribution in [-0.2, 0) is 11.4 Å². The Labute approximate surface area is 95.2 Å². The fraction of sp³-hybridized carbons (Fsp3) is 0.308. The SMILES string of the molecule is CC(C)c1cncc2cc(CON)ccc12. The largest absolute Gasteiger partial charge is 0.300 e. The summed E-state index contributed by atoms with van der Waals surface area (Å²) in [4.78, 5) is 8.90. The number of fused-ring (bicyclic) bond motifs is 1. The molecule has 0 saturated heterocycles. The van der Waals surface area contributed by atoms with Crippen molar-refractivity contribution in [3.05, 3.63) is 41.7 Å². The Bertz CT molecular complexity index is 494. The van der Waals surface area contributed by atoms with Gasteiger partial charge < -0.3 is 0 Å². The standard InChI is InChI=1S/C13H16N2O/c1-9(2)13-7-15-6-11-5-10(8-16-14)3-4-12(11)13/h3-7,9H,8,14H2,1-2H3. The molecule has 2 aromatic rings. The van der Waals surface area contributed by atoms with Gasteiger partial charge in [0.15, 0.2) is 0 Å². The number of aromatic nitrogens is 1. The van der Waals surface area contributed by atoms with Gasteiger partial charge in [-0.2, -0.15) is 0 Å². The van der Waals surface area contributed by atoms with Crippen molar-refractivity contribution in [2.75, 3.05) is 0 Å². The first kappa shape index (κ1) is 11.0. The second-order valence-corrected chi connectivity index (χ2v) is 4.25. The molecular formula is C13H16N2O. The monoisotopic (exact) mass is 216 g/mol. The number of rotatable bonds is 3. The van der Waals surface area contributed by atoms with E-state index in [-0.39, 0.29) is 0 Å². The van der Waals surface area contributed by atoms with Crippen LogP contribution in [0.1, 0.15) is 30.9 Å². The van der Waals surface area contributed by atoms with Crippen LogP contribution in [0.5, 0.6) is 0 Å². The molecule has 0 spiro atoms. The Kier molecular flexibility index (Phi) is 3.17. The van der Waals surface area contributed by atoms with Gasteiger partial charge in [-0.1, -0.05) is 26.0 Å². The van der Waals surface area contributed by atoms with E-state index in [0.29, 0.717) is 12.5 Å². The summed E-state index contributed by atoms with van der Waals surface area (Å²) in [6.45, 7) is 4.78. The van der Waals surface area contributed by atoms with Crippen LogP contribution in [0.4, 0.5) is 0 Å². The van der Waals surface area contributed by atoms with Gasteiger partial charge in [0, 0.05) is 17.8 Å². The molecule has 0 aliphatic rings. The molecular weight excluding hydrogens is 200 g/mol. The van der Waals surface area contributed by atoms with E-state index in [2.05, 4.69) is 35.8 Å². The minimum absolute atomic E-state index is 0.432. The molecule has 0 amide bonds. The van der Waals surface area contributed by atoms with E-state index in [4.69, 9.17) is 5.90 Å². The van der Waals surface area contributed by atoms with Gasteiger partial charge in [0.25, 0.3) is 0 Å². The van der Waals surface area contributed by atoms with Crippen LogP contribution in [-0.4, -0.2) is 4.98 Å². The van der Waals surface area contributed by atoms with E-state index in [0.717, 1.165) is 10.9 Å². The molecule has 2 rings (SSSR count). The van der Waals surface area contributed by atoms with Crippen molar-refractivity contribution in [1.82, 2.24) is 4.98 Å². The van der Waals surface area contributed by atoms with Crippen molar-refractivity contribution >= 4 is 10.8 Å². The highest BCUT2D eigenvalue weighted by molar-refractivity contribution is 5.85. The number of nitrogens with zero attached hydrogens (tertiary/aromatic N) is 1. The molecule has 2 N–H and O–H groups in total. The Balaban J connectivity index is 2.55. The molecule has 84 valence electrons. The summed E-state index contributed by atoms with van der Waals surface area (Å²) < 4.78 is 0. The number of nitrogens with two attached hydrogens (primary N) is 1. The lowest BCUT2D eigenvalue weighted by Crippen LogP contribution is -1.99. The number of hydrogen-bond donors (Lipinski definition) is 1. The summed E-state index contributed by atoms with van der Waals surface area (Å²) in [5.74, 6) is 5.55. The second-order valence-electron chi connectivity index (χ2n) is 4.25. The molecule has 3 nitrogen and oxygen atoms in total. The quantitative estimate of drug-likeness (QED) is 0.802. The summed E-state index contributed by atoms with van der Waals surface area (Å²) in [5.41, 5.74) is 2.34. The maximum Gasteiger partial charge on any atom is 0.0930 e. The topological polar surface area (TPSA) is 48.1 Å². The molecule has 3 heteroatoms. The predicted molar refractivity (Wildman–Crippen MR) is 64.8 cm³/mol. The zero-order valence-electron chi connectivity index (χ0n) is 9.60. The van der Waals surface area contributed by atoms with Crippen LogP contribution in [0.3, 0.4) is 0 Å². The highest BCUT2D eigenvalue weighted by Crippen LogP contribution is 2.25. The van der Waals surface area contributed by atoms with Crippen LogP contribution in [0.2, 0.25) is 0 Å². The minimum Gasteiger partial charge on any atom is -0.300 e. The summed E-state index contributed by atoms with van der Waals surface area (Å²) in [7, 11) is 0. The van der Waals surface area contributed by atoms with E-state index in [1.807, 2.05) is 18.5 Å². The highest BCUT2D eigenvalue weighted by Gasteiger charge is 2.05. The van der Waals surface area contributed by atoms with Gasteiger partial charge in [0.2, 0.25) is 0 Å². The van der Waals surface area contributed by atoms with Gasteiger partial charge in [-0.15, -0.1) is 0 Å². The van der Waals surface area contributed by atoms with Crippen molar-refractivity contribution in [3.8, 4) is 0 Å². The maximum atomic E-state index is 5.07. The lowest BCUT2D eigenvalue weighted by Gasteiger charge is -2.10. The molecule has 0 saturated carbocycles. The average molecular weight is 216 g/mol. The van der Waals surface area contributed by atoms with Gasteiger partial charge >= 0.3 is 0 Å². The van der Waals surface area contributed by atoms with E-state index < -0.39 is 0 Å². The molecule has 16 heavy (non-hydrogen) atoms. The fourth-order valence-corrected chi connectivity index (χ4v) is 1.90. The van der Waals surface area contributed by atoms with Gasteiger partial charge in [0.05, 0.1) is 6.61 Å². The highest BCUT2D eigenvalue weighted by atomic mass is 16.6. The van der Waals surface area contributed by atoms with Crippen LogP contribution in [0.25, 0.3) is 10.8 Å². The molecule has 0 aliphatic heterocycles. The third-order valence-corrected chi connectivity index (χ3v) is 2.73. The predicted octanol–water partition coefficient (Wildman–Crippen LogP) is 2.75. The van der Waals surface area contributed by atoms with Crippen molar-refractivity contribution in [1.29, 1.82) is 0 Å². The van der Waals surface area contributed by atoms with Gasteiger partial charge in [-0.3, -0.25) is 9.82 Å². The van der Waals surface area contributed by atoms with Gasteiger partial charge in [-0.25, -0.2) is 5.90 Å². The first-order chi connectivity index (χ1) is 7.72. The van der Waals surface area contributed by atoms with E-state index in [1.165, 1.54) is 10.9 Å². The molecule has 0 unspecified atom stereocenters. The normalized spacial score (nSPS) is 11.2. The van der Waals surface area contributed by atoms with E-state index in [9.17, 15) is 0 Å². The van der Waals surface area contributed by atoms with Crippen molar-refractivity contribution < 1.29 is 4.84 Å². The Morgan fingerprint density at radius 3 is 2.81 bits per heavy atom. The third kappa shape index (κ3) is 2.05. The van der Waals surface area contributed by atoms with Gasteiger partial charge in [-0.05, 0) is 28.5 Å². The lowest BCUT2D eigenvalue weighted by atomic mass is 9.98. The molecule has 1 aromatic carbocycles. The number of hydrogen-bond acceptors (Lipinski definition) is 3. The Hall–Kier alpha value is -1.45. The summed E-state index contributed by atoms with van der Waals surface area (Å²) in [6.07, 6.45) is 3.81. The van der Waals surface area contributed by atoms with Crippen LogP contribution < -0.4 is 5.90 Å². The molecule has 0 bridgehead atoms. The first-order valence-corrected chi connectivity index (χ1v) is 5.40. The molecule has 1 aromatic heterocycles. The fourth-order valence-electron chi connectivity index (χ4n) is 1.90. The number of pyridine rings is 1. The molecule has 1 heterocycles. The van der Waals surface area contributed by atoms with Gasteiger partial charge in [0.1, 0.15) is 0 Å². The van der Waals surface area contributed by atoms with Crippen molar-refractivity contribution in [3.63, 3.8) is 0 Å². The average Bonchev–Trinajstić information content (AvgIpc) is 2.28. The minimum atomic E-state index is 0.432. The van der Waals surface area contributed by atoms with E-state index >= 15 is 0 Å². The van der Waals surface area contributed by atoms with Crippen LogP contribution in [0.15, 0.2) is 30.6 Å². The molecule has 0 atom stereocenters. The summed E-state index contributed by atoms with van der Waals surface area (Å²) >= 11 is 0. The first-order valence-electron chi connectivity index (χ1n) is 5.40. The summed E-state index contributed by atoms with van der Waals surface area (Å²) in [6, 6.07) is 6.23. The van der Waals surface area contributed by atoms with Crippen LogP contribution in [0, 0.1) is 0 Å². The second kappa shape index (κ2) is 4.60. The Morgan fingerprint density at radius 1 is 1.31 bits per heavy atom. The Morgan fingerprint density at radius 2 is 2.12 bits per heavy atom. The molecule has 0 aliphatic carbocycles. The van der Waals surface area contributed by atoms with Crippen molar-refractivity contribution in [2.45, 2.75) is 26.4 Å². The molecule has 0 fully saturated rings. The third-order valence-electron chi connectivity index (χ3n) is 2.73.